The van der Waals surface area contributed by atoms with Gasteiger partial charge in [-0.3, -0.25) is 10.1 Å². The van der Waals surface area contributed by atoms with Crippen LogP contribution in [0.25, 0.3) is 0 Å². The first-order chi connectivity index (χ1) is 9.97. The number of hydrogen-bond donors (Lipinski definition) is 1. The summed E-state index contributed by atoms with van der Waals surface area (Å²) in [5.41, 5.74) is 0.463. The van der Waals surface area contributed by atoms with E-state index in [0.717, 1.165) is 30.3 Å². The molecule has 0 aliphatic carbocycles. The van der Waals surface area contributed by atoms with E-state index < -0.39 is 22.4 Å². The fourth-order valence-electron chi connectivity index (χ4n) is 1.86. The van der Waals surface area contributed by atoms with Gasteiger partial charge in [-0.25, -0.2) is 13.2 Å². The van der Waals surface area contributed by atoms with Crippen molar-refractivity contribution in [1.29, 1.82) is 0 Å². The molecule has 2 aromatic carbocycles. The maximum absolute atomic E-state index is 13.1. The average molecular weight is 296 g/mol. The Kier molecular flexibility index (Phi) is 4.54. The molecule has 2 aromatic rings. The van der Waals surface area contributed by atoms with Crippen LogP contribution in [0, 0.1) is 27.6 Å². The fourth-order valence-corrected chi connectivity index (χ4v) is 1.86. The summed E-state index contributed by atoms with van der Waals surface area (Å²) in [6.45, 7) is 0.206. The monoisotopic (exact) mass is 296 g/mol. The summed E-state index contributed by atoms with van der Waals surface area (Å²) in [5.74, 6) is -2.49. The number of nitro benzene ring substituents is 1. The van der Waals surface area contributed by atoms with Crippen LogP contribution in [-0.4, -0.2) is 4.92 Å². The molecule has 4 nitrogen and oxygen atoms in total. The number of benzene rings is 2. The van der Waals surface area contributed by atoms with Crippen molar-refractivity contribution in [3.63, 3.8) is 0 Å². The molecule has 110 valence electrons. The van der Waals surface area contributed by atoms with Crippen LogP contribution >= 0.6 is 0 Å². The molecule has 0 saturated carbocycles. The molecule has 0 aromatic heterocycles. The number of hydrogen-bond acceptors (Lipinski definition) is 3. The highest BCUT2D eigenvalue weighted by molar-refractivity contribution is 5.40. The van der Waals surface area contributed by atoms with E-state index in [4.69, 9.17) is 0 Å². The Bertz CT molecular complexity index is 677. The molecule has 0 saturated heterocycles. The SMILES string of the molecule is O=[N+]([O-])c1ccc(F)cc1CNCc1ccc(F)c(F)c1. The van der Waals surface area contributed by atoms with Crippen molar-refractivity contribution < 1.29 is 18.1 Å². The van der Waals surface area contributed by atoms with Crippen LogP contribution in [0.5, 0.6) is 0 Å². The largest absolute Gasteiger partial charge is 0.308 e. The minimum atomic E-state index is -0.967. The zero-order valence-electron chi connectivity index (χ0n) is 10.8. The van der Waals surface area contributed by atoms with Crippen molar-refractivity contribution in [2.24, 2.45) is 0 Å². The van der Waals surface area contributed by atoms with E-state index in [0.29, 0.717) is 5.56 Å². The molecule has 2 rings (SSSR count). The first-order valence-corrected chi connectivity index (χ1v) is 6.05. The van der Waals surface area contributed by atoms with E-state index in [9.17, 15) is 23.3 Å². The molecule has 21 heavy (non-hydrogen) atoms. The van der Waals surface area contributed by atoms with Crippen LogP contribution in [0.4, 0.5) is 18.9 Å². The predicted octanol–water partition coefficient (Wildman–Crippen LogP) is 3.30. The molecule has 0 aliphatic rings. The van der Waals surface area contributed by atoms with Gasteiger partial charge in [0.15, 0.2) is 11.6 Å². The lowest BCUT2D eigenvalue weighted by Crippen LogP contribution is -2.14. The lowest BCUT2D eigenvalue weighted by Gasteiger charge is -2.06. The molecule has 0 fully saturated rings. The number of halogens is 3. The van der Waals surface area contributed by atoms with Gasteiger partial charge in [0.1, 0.15) is 5.82 Å². The second-order valence-corrected chi connectivity index (χ2v) is 4.38. The zero-order valence-corrected chi connectivity index (χ0v) is 10.8. The average Bonchev–Trinajstić information content (AvgIpc) is 2.42. The summed E-state index contributed by atoms with van der Waals surface area (Å²) in [6, 6.07) is 6.59. The second kappa shape index (κ2) is 6.36. The molecule has 0 spiro atoms. The molecule has 1 N–H and O–H groups in total. The van der Waals surface area contributed by atoms with Gasteiger partial charge in [-0.05, 0) is 29.8 Å². The van der Waals surface area contributed by atoms with E-state index in [1.807, 2.05) is 0 Å². The van der Waals surface area contributed by atoms with E-state index in [1.165, 1.54) is 6.07 Å². The van der Waals surface area contributed by atoms with Crippen molar-refractivity contribution in [2.75, 3.05) is 0 Å². The van der Waals surface area contributed by atoms with Gasteiger partial charge in [0.05, 0.1) is 4.92 Å². The quantitative estimate of drug-likeness (QED) is 0.680. The molecular weight excluding hydrogens is 285 g/mol. The van der Waals surface area contributed by atoms with E-state index in [1.54, 1.807) is 0 Å². The number of rotatable bonds is 5. The highest BCUT2D eigenvalue weighted by Gasteiger charge is 2.13. The number of nitro groups is 1. The topological polar surface area (TPSA) is 55.2 Å². The maximum atomic E-state index is 13.1. The Morgan fingerprint density at radius 2 is 1.76 bits per heavy atom. The Labute approximate surface area is 118 Å². The molecular formula is C14H11F3N2O2. The number of nitrogens with one attached hydrogen (secondary N) is 1. The highest BCUT2D eigenvalue weighted by atomic mass is 19.2. The second-order valence-electron chi connectivity index (χ2n) is 4.38. The molecule has 0 bridgehead atoms. The van der Waals surface area contributed by atoms with Crippen molar-refractivity contribution in [3.8, 4) is 0 Å². The van der Waals surface area contributed by atoms with Gasteiger partial charge in [0.2, 0.25) is 0 Å². The molecule has 7 heteroatoms. The Balaban J connectivity index is 2.04. The van der Waals surface area contributed by atoms with Crippen LogP contribution < -0.4 is 5.32 Å². The summed E-state index contributed by atoms with van der Waals surface area (Å²) in [6.07, 6.45) is 0. The van der Waals surface area contributed by atoms with Crippen LogP contribution in [0.1, 0.15) is 11.1 Å². The highest BCUT2D eigenvalue weighted by Crippen LogP contribution is 2.19. The summed E-state index contributed by atoms with van der Waals surface area (Å²) in [4.78, 5) is 10.2. The smallest absolute Gasteiger partial charge is 0.274 e. The predicted molar refractivity (Wildman–Crippen MR) is 70.0 cm³/mol. The van der Waals surface area contributed by atoms with Crippen LogP contribution in [-0.2, 0) is 13.1 Å². The van der Waals surface area contributed by atoms with Gasteiger partial charge < -0.3 is 5.32 Å². The van der Waals surface area contributed by atoms with Gasteiger partial charge in [-0.2, -0.15) is 0 Å². The molecule has 0 heterocycles. The lowest BCUT2D eigenvalue weighted by atomic mass is 10.1. The van der Waals surface area contributed by atoms with Gasteiger partial charge in [0.25, 0.3) is 5.69 Å². The van der Waals surface area contributed by atoms with Gasteiger partial charge >= 0.3 is 0 Å². The molecule has 0 unspecified atom stereocenters. The first kappa shape index (κ1) is 15.0. The third kappa shape index (κ3) is 3.79. The summed E-state index contributed by atoms with van der Waals surface area (Å²) >= 11 is 0. The van der Waals surface area contributed by atoms with E-state index in [2.05, 4.69) is 5.32 Å². The summed E-state index contributed by atoms with van der Waals surface area (Å²) in [7, 11) is 0. The first-order valence-electron chi connectivity index (χ1n) is 6.05. The van der Waals surface area contributed by atoms with E-state index in [-0.39, 0.29) is 24.3 Å². The standard InChI is InChI=1S/C14H11F3N2O2/c15-11-2-4-14(19(20)21)10(6-11)8-18-7-9-1-3-12(16)13(17)5-9/h1-6,18H,7-8H2. The third-order valence-electron chi connectivity index (χ3n) is 2.87. The maximum Gasteiger partial charge on any atom is 0.274 e. The zero-order chi connectivity index (χ0) is 15.4. The van der Waals surface area contributed by atoms with Crippen molar-refractivity contribution >= 4 is 5.69 Å². The third-order valence-corrected chi connectivity index (χ3v) is 2.87. The number of nitrogens with zero attached hydrogens (tertiary/aromatic N) is 1. The lowest BCUT2D eigenvalue weighted by molar-refractivity contribution is -0.385. The van der Waals surface area contributed by atoms with Crippen molar-refractivity contribution in [1.82, 2.24) is 5.32 Å². The molecule has 0 atom stereocenters. The molecule has 0 amide bonds. The van der Waals surface area contributed by atoms with Gasteiger partial charge in [0, 0.05) is 24.7 Å². The summed E-state index contributed by atoms with van der Waals surface area (Å²) < 4.78 is 38.9. The molecule has 0 aliphatic heterocycles. The Morgan fingerprint density at radius 1 is 1.00 bits per heavy atom. The van der Waals surface area contributed by atoms with Crippen molar-refractivity contribution in [2.45, 2.75) is 13.1 Å². The van der Waals surface area contributed by atoms with Gasteiger partial charge in [-0.1, -0.05) is 6.07 Å². The Hall–Kier alpha value is -2.41. The van der Waals surface area contributed by atoms with Crippen molar-refractivity contribution in [3.05, 3.63) is 75.1 Å². The minimum Gasteiger partial charge on any atom is -0.308 e. The van der Waals surface area contributed by atoms with E-state index >= 15 is 0 Å². The van der Waals surface area contributed by atoms with Crippen LogP contribution in [0.15, 0.2) is 36.4 Å². The molecule has 0 radical (unpaired) electrons. The normalized spacial score (nSPS) is 10.6. The van der Waals surface area contributed by atoms with Crippen LogP contribution in [0.3, 0.4) is 0 Å². The van der Waals surface area contributed by atoms with Crippen LogP contribution in [0.2, 0.25) is 0 Å². The fraction of sp³-hybridized carbons (Fsp3) is 0.143. The Morgan fingerprint density at radius 3 is 2.43 bits per heavy atom. The minimum absolute atomic E-state index is 0.0348. The summed E-state index contributed by atoms with van der Waals surface area (Å²) in [5, 5.41) is 13.6. The van der Waals surface area contributed by atoms with Gasteiger partial charge in [-0.15, -0.1) is 0 Å².